The molecule has 0 aliphatic carbocycles. The maximum atomic E-state index is 10.3. The Bertz CT molecular complexity index is 301. The van der Waals surface area contributed by atoms with Crippen molar-refractivity contribution in [3.63, 3.8) is 0 Å². The fourth-order valence-electron chi connectivity index (χ4n) is 0.654. The van der Waals surface area contributed by atoms with Crippen LogP contribution in [0.5, 0.6) is 0 Å². The van der Waals surface area contributed by atoms with Crippen LogP contribution in [0.3, 0.4) is 0 Å². The minimum absolute atomic E-state index is 0. The quantitative estimate of drug-likeness (QED) is 0.525. The molecule has 12 heavy (non-hydrogen) atoms. The molecule has 0 radical (unpaired) electrons. The molecule has 0 bridgehead atoms. The Balaban J connectivity index is 0.00000121. The third kappa shape index (κ3) is 2.96. The summed E-state index contributed by atoms with van der Waals surface area (Å²) in [5, 5.41) is 10.8. The van der Waals surface area contributed by atoms with E-state index in [-0.39, 0.29) is 40.1 Å². The number of carboxylic acids is 1. The molecule has 0 fully saturated rings. The molecule has 2 nitrogen and oxygen atoms in total. The van der Waals surface area contributed by atoms with E-state index < -0.39 is 5.97 Å². The van der Waals surface area contributed by atoms with Gasteiger partial charge in [0.1, 0.15) is 0 Å². The summed E-state index contributed by atoms with van der Waals surface area (Å²) in [4.78, 5) is 10.3. The third-order valence-corrected chi connectivity index (χ3v) is 1.71. The summed E-state index contributed by atoms with van der Waals surface area (Å²) in [5.41, 5.74) is -0.0841. The van der Waals surface area contributed by atoms with Crippen LogP contribution in [-0.2, 0) is 0 Å². The van der Waals surface area contributed by atoms with Gasteiger partial charge in [0.15, 0.2) is 0 Å². The first-order valence-corrected chi connectivity index (χ1v) is 3.53. The normalized spacial score (nSPS) is 8.83. The molecule has 1 aromatic rings. The van der Waals surface area contributed by atoms with Gasteiger partial charge in [-0.25, -0.2) is 0 Å². The van der Waals surface area contributed by atoms with Gasteiger partial charge in [0.25, 0.3) is 0 Å². The molecule has 1 rings (SSSR count). The van der Waals surface area contributed by atoms with Gasteiger partial charge in [-0.15, -0.1) is 0 Å². The van der Waals surface area contributed by atoms with Crippen molar-refractivity contribution in [3.8, 4) is 0 Å². The van der Waals surface area contributed by atoms with E-state index >= 15 is 0 Å². The van der Waals surface area contributed by atoms with E-state index in [1.54, 1.807) is 0 Å². The molecule has 0 N–H and O–H groups in total. The molecule has 0 aliphatic heterocycles. The molecule has 0 saturated heterocycles. The van der Waals surface area contributed by atoms with Crippen molar-refractivity contribution in [3.05, 3.63) is 33.8 Å². The van der Waals surface area contributed by atoms with Gasteiger partial charge in [0, 0.05) is 15.6 Å². The van der Waals surface area contributed by atoms with E-state index in [0.717, 1.165) is 0 Å². The zero-order valence-corrected chi connectivity index (χ0v) is 9.82. The molecule has 1 aromatic carbocycles. The van der Waals surface area contributed by atoms with Gasteiger partial charge < -0.3 is 9.90 Å². The van der Waals surface area contributed by atoms with Crippen molar-refractivity contribution < 1.29 is 39.5 Å². The minimum Gasteiger partial charge on any atom is -0.545 e. The molecule has 0 spiro atoms. The Morgan fingerprint density at radius 1 is 1.33 bits per heavy atom. The summed E-state index contributed by atoms with van der Waals surface area (Å²) in [6, 6.07) is 4.17. The summed E-state index contributed by atoms with van der Waals surface area (Å²) >= 11 is 11.0. The van der Waals surface area contributed by atoms with E-state index in [4.69, 9.17) is 23.2 Å². The zero-order valence-electron chi connectivity index (χ0n) is 6.30. The van der Waals surface area contributed by atoms with Crippen LogP contribution < -0.4 is 34.7 Å². The van der Waals surface area contributed by atoms with E-state index in [1.807, 2.05) is 0 Å². The number of aromatic carboxylic acids is 1. The van der Waals surface area contributed by atoms with Gasteiger partial charge >= 0.3 is 29.6 Å². The molecule has 0 unspecified atom stereocenters. The monoisotopic (exact) mass is 212 g/mol. The van der Waals surface area contributed by atoms with Gasteiger partial charge in [0.2, 0.25) is 0 Å². The third-order valence-electron chi connectivity index (χ3n) is 1.15. The number of hydrogen-bond donors (Lipinski definition) is 0. The smallest absolute Gasteiger partial charge is 0.545 e. The summed E-state index contributed by atoms with van der Waals surface area (Å²) < 4.78 is 0. The fourth-order valence-corrected chi connectivity index (χ4v) is 1.02. The van der Waals surface area contributed by atoms with Gasteiger partial charge in [0.05, 0.1) is 5.97 Å². The zero-order chi connectivity index (χ0) is 8.43. The molecule has 0 heterocycles. The van der Waals surface area contributed by atoms with Crippen molar-refractivity contribution in [2.45, 2.75) is 0 Å². The molecule has 0 aromatic heterocycles. The first kappa shape index (κ1) is 12.3. The Morgan fingerprint density at radius 3 is 2.33 bits per heavy atom. The van der Waals surface area contributed by atoms with Crippen molar-refractivity contribution in [2.24, 2.45) is 0 Å². The topological polar surface area (TPSA) is 40.1 Å². The molecule has 0 saturated carbocycles. The Kier molecular flexibility index (Phi) is 5.21. The number of halogens is 2. The summed E-state index contributed by atoms with van der Waals surface area (Å²) in [6.45, 7) is 0. The molecular formula is C7H3Cl2NaO2. The Hall–Kier alpha value is 0.270. The molecule has 0 atom stereocenters. The van der Waals surface area contributed by atoms with Crippen LogP contribution in [0.1, 0.15) is 10.4 Å². The predicted molar refractivity (Wildman–Crippen MR) is 40.8 cm³/mol. The SMILES string of the molecule is O=C([O-])c1cc(Cl)ccc1Cl.[Na+]. The van der Waals surface area contributed by atoms with Crippen LogP contribution in [0.2, 0.25) is 10.0 Å². The van der Waals surface area contributed by atoms with Crippen molar-refractivity contribution in [1.29, 1.82) is 0 Å². The Morgan fingerprint density at radius 2 is 1.92 bits per heavy atom. The standard InChI is InChI=1S/C7H4Cl2O2.Na/c8-4-1-2-6(9)5(3-4)7(10)11;/h1-3H,(H,10,11);/q;+1/p-1. The second kappa shape index (κ2) is 5.10. The van der Waals surface area contributed by atoms with E-state index in [2.05, 4.69) is 0 Å². The molecule has 5 heteroatoms. The van der Waals surface area contributed by atoms with Gasteiger partial charge in [-0.2, -0.15) is 0 Å². The first-order valence-electron chi connectivity index (χ1n) is 2.77. The van der Waals surface area contributed by atoms with Crippen LogP contribution in [-0.4, -0.2) is 5.97 Å². The molecular weight excluding hydrogens is 210 g/mol. The maximum absolute atomic E-state index is 10.3. The summed E-state index contributed by atoms with van der Waals surface area (Å²) in [5.74, 6) is -1.32. The first-order chi connectivity index (χ1) is 5.11. The maximum Gasteiger partial charge on any atom is 1.00 e. The number of carbonyl (C=O) groups excluding carboxylic acids is 1. The molecule has 0 aliphatic rings. The van der Waals surface area contributed by atoms with E-state index in [9.17, 15) is 9.90 Å². The second-order valence-electron chi connectivity index (χ2n) is 1.91. The van der Waals surface area contributed by atoms with E-state index in [0.29, 0.717) is 5.02 Å². The van der Waals surface area contributed by atoms with Crippen molar-refractivity contribution in [1.82, 2.24) is 0 Å². The van der Waals surface area contributed by atoms with Gasteiger partial charge in [-0.1, -0.05) is 23.2 Å². The average Bonchev–Trinajstić information content (AvgIpc) is 1.94. The number of hydrogen-bond acceptors (Lipinski definition) is 2. The Labute approximate surface area is 102 Å². The van der Waals surface area contributed by atoms with Crippen LogP contribution >= 0.6 is 23.2 Å². The van der Waals surface area contributed by atoms with Crippen LogP contribution in [0.15, 0.2) is 18.2 Å². The van der Waals surface area contributed by atoms with Gasteiger partial charge in [-0.3, -0.25) is 0 Å². The van der Waals surface area contributed by atoms with Gasteiger partial charge in [-0.05, 0) is 18.2 Å². The minimum atomic E-state index is -1.32. The van der Waals surface area contributed by atoms with Crippen molar-refractivity contribution in [2.75, 3.05) is 0 Å². The number of rotatable bonds is 1. The van der Waals surface area contributed by atoms with Crippen LogP contribution in [0, 0.1) is 0 Å². The number of benzene rings is 1. The van der Waals surface area contributed by atoms with Crippen molar-refractivity contribution >= 4 is 29.2 Å². The summed E-state index contributed by atoms with van der Waals surface area (Å²) in [6.07, 6.45) is 0. The number of carboxylic acid groups (broad SMARTS) is 1. The molecule has 58 valence electrons. The van der Waals surface area contributed by atoms with Crippen LogP contribution in [0.4, 0.5) is 0 Å². The molecule has 0 amide bonds. The largest absolute Gasteiger partial charge is 1.00 e. The summed E-state index contributed by atoms with van der Waals surface area (Å²) in [7, 11) is 0. The number of carbonyl (C=O) groups is 1. The fraction of sp³-hybridized carbons (Fsp3) is 0. The van der Waals surface area contributed by atoms with E-state index in [1.165, 1.54) is 18.2 Å². The second-order valence-corrected chi connectivity index (χ2v) is 2.76. The van der Waals surface area contributed by atoms with Crippen LogP contribution in [0.25, 0.3) is 0 Å². The predicted octanol–water partition coefficient (Wildman–Crippen LogP) is -1.64. The average molecular weight is 213 g/mol.